The maximum absolute atomic E-state index is 11.0. The Kier molecular flexibility index (Phi) is 2.66. The number of nitrogens with one attached hydrogen (secondary N) is 1. The second-order valence-electron chi connectivity index (χ2n) is 2.19. The topological polar surface area (TPSA) is 46.9 Å². The van der Waals surface area contributed by atoms with Gasteiger partial charge in [0.2, 0.25) is 5.91 Å². The Balaban J connectivity index is 0.00000121. The summed E-state index contributed by atoms with van der Waals surface area (Å²) in [5, 5.41) is 2.70. The molecule has 0 aliphatic heterocycles. The van der Waals surface area contributed by atoms with Gasteiger partial charge in [-0.15, -0.1) is 0 Å². The molecule has 1 N–H and O–H groups in total. The molecular formula is C7H13N3O. The van der Waals surface area contributed by atoms with Crippen LogP contribution in [-0.4, -0.2) is 22.0 Å². The lowest BCUT2D eigenvalue weighted by Crippen LogP contribution is -2.26. The van der Waals surface area contributed by atoms with Gasteiger partial charge in [0.05, 0.1) is 6.33 Å². The average molecular weight is 155 g/mol. The van der Waals surface area contributed by atoms with Crippen molar-refractivity contribution in [3.8, 4) is 0 Å². The summed E-state index contributed by atoms with van der Waals surface area (Å²) in [6.45, 7) is 2.92. The number of hydrogen-bond donors (Lipinski definition) is 1. The molecule has 1 rings (SSSR count). The smallest absolute Gasteiger partial charge is 0.239 e. The maximum Gasteiger partial charge on any atom is 0.239 e. The van der Waals surface area contributed by atoms with Crippen LogP contribution in [0.1, 0.15) is 8.35 Å². The van der Waals surface area contributed by atoms with Crippen LogP contribution in [0.5, 0.6) is 0 Å². The number of carbonyl (C=O) groups excluding carboxylic acids is 1. The van der Waals surface area contributed by atoms with Crippen molar-refractivity contribution in [2.45, 2.75) is 13.5 Å². The highest BCUT2D eigenvalue weighted by Gasteiger charge is 1.98. The quantitative estimate of drug-likeness (QED) is 0.680. The van der Waals surface area contributed by atoms with E-state index in [1.165, 1.54) is 0 Å². The Morgan fingerprint density at radius 2 is 2.64 bits per heavy atom. The van der Waals surface area contributed by atoms with Crippen molar-refractivity contribution in [1.82, 2.24) is 14.9 Å². The Bertz CT molecular complexity index is 223. The van der Waals surface area contributed by atoms with Crippen molar-refractivity contribution in [3.63, 3.8) is 0 Å². The standard InChI is InChI=1S/C7H11N3O.H2/c1-2-9-7(11)5-10-4-3-8-6-10;/h3-4,6H,2,5H2,1H3,(H,9,11);1H. The number of rotatable bonds is 3. The Hall–Kier alpha value is -1.32. The van der Waals surface area contributed by atoms with Gasteiger partial charge in [-0.25, -0.2) is 4.98 Å². The molecule has 1 heterocycles. The van der Waals surface area contributed by atoms with Gasteiger partial charge in [-0.3, -0.25) is 4.79 Å². The lowest BCUT2D eigenvalue weighted by Gasteiger charge is -2.01. The molecule has 1 aromatic rings. The van der Waals surface area contributed by atoms with E-state index in [1.54, 1.807) is 23.3 Å². The van der Waals surface area contributed by atoms with Crippen LogP contribution < -0.4 is 5.32 Å². The molecule has 0 atom stereocenters. The van der Waals surface area contributed by atoms with E-state index in [2.05, 4.69) is 10.3 Å². The molecule has 4 nitrogen and oxygen atoms in total. The number of amides is 1. The van der Waals surface area contributed by atoms with Gasteiger partial charge in [0.1, 0.15) is 6.54 Å². The van der Waals surface area contributed by atoms with Crippen molar-refractivity contribution >= 4 is 5.91 Å². The first-order valence-electron chi connectivity index (χ1n) is 3.55. The van der Waals surface area contributed by atoms with Gasteiger partial charge >= 0.3 is 0 Å². The van der Waals surface area contributed by atoms with Crippen molar-refractivity contribution in [2.75, 3.05) is 6.54 Å². The summed E-state index contributed by atoms with van der Waals surface area (Å²) in [5.41, 5.74) is 0. The number of likely N-dealkylation sites (N-methyl/N-ethyl adjacent to an activating group) is 1. The normalized spacial score (nSPS) is 9.55. The molecule has 1 amide bonds. The first-order valence-corrected chi connectivity index (χ1v) is 3.55. The van der Waals surface area contributed by atoms with Crippen molar-refractivity contribution in [3.05, 3.63) is 18.7 Å². The molecule has 0 spiro atoms. The van der Waals surface area contributed by atoms with Crippen LogP contribution in [0, 0.1) is 0 Å². The molecule has 0 aliphatic carbocycles. The summed E-state index contributed by atoms with van der Waals surface area (Å²) in [4.78, 5) is 14.8. The van der Waals surface area contributed by atoms with Gasteiger partial charge < -0.3 is 9.88 Å². The number of aromatic nitrogens is 2. The van der Waals surface area contributed by atoms with Gasteiger partial charge in [-0.05, 0) is 6.92 Å². The van der Waals surface area contributed by atoms with Crippen LogP contribution in [0.3, 0.4) is 0 Å². The van der Waals surface area contributed by atoms with Crippen molar-refractivity contribution in [1.29, 1.82) is 0 Å². The van der Waals surface area contributed by atoms with Crippen LogP contribution in [0.4, 0.5) is 0 Å². The van der Waals surface area contributed by atoms with Gasteiger partial charge in [0.25, 0.3) is 0 Å². The van der Waals surface area contributed by atoms with Crippen LogP contribution in [0.15, 0.2) is 18.7 Å². The number of hydrogen-bond acceptors (Lipinski definition) is 2. The SMILES string of the molecule is CCNC(=O)Cn1ccnc1.[HH]. The van der Waals surface area contributed by atoms with Gasteiger partial charge in [-0.2, -0.15) is 0 Å². The highest BCUT2D eigenvalue weighted by Crippen LogP contribution is 1.84. The van der Waals surface area contributed by atoms with E-state index in [0.29, 0.717) is 13.1 Å². The summed E-state index contributed by atoms with van der Waals surface area (Å²) in [6.07, 6.45) is 5.03. The molecule has 62 valence electrons. The minimum Gasteiger partial charge on any atom is -0.355 e. The molecule has 0 radical (unpaired) electrons. The molecule has 0 bridgehead atoms. The fourth-order valence-corrected chi connectivity index (χ4v) is 0.799. The van der Waals surface area contributed by atoms with E-state index in [-0.39, 0.29) is 7.33 Å². The van der Waals surface area contributed by atoms with Crippen molar-refractivity contribution < 1.29 is 6.22 Å². The lowest BCUT2D eigenvalue weighted by atomic mass is 10.5. The zero-order valence-electron chi connectivity index (χ0n) is 6.45. The summed E-state index contributed by atoms with van der Waals surface area (Å²) in [7, 11) is 0. The zero-order valence-corrected chi connectivity index (χ0v) is 6.45. The molecule has 4 heteroatoms. The Morgan fingerprint density at radius 3 is 3.18 bits per heavy atom. The summed E-state index contributed by atoms with van der Waals surface area (Å²) < 4.78 is 1.73. The molecule has 0 saturated carbocycles. The van der Waals surface area contributed by atoms with Crippen molar-refractivity contribution in [2.24, 2.45) is 0 Å². The lowest BCUT2D eigenvalue weighted by molar-refractivity contribution is -0.121. The number of imidazole rings is 1. The van der Waals surface area contributed by atoms with E-state index in [9.17, 15) is 4.79 Å². The van der Waals surface area contributed by atoms with Gasteiger partial charge in [-0.1, -0.05) is 0 Å². The van der Waals surface area contributed by atoms with E-state index in [4.69, 9.17) is 0 Å². The Labute approximate surface area is 66.7 Å². The molecule has 11 heavy (non-hydrogen) atoms. The van der Waals surface area contributed by atoms with E-state index >= 15 is 0 Å². The van der Waals surface area contributed by atoms with E-state index in [1.807, 2.05) is 6.92 Å². The minimum atomic E-state index is 0. The van der Waals surface area contributed by atoms with Crippen LogP contribution >= 0.6 is 0 Å². The molecule has 0 aromatic carbocycles. The first kappa shape index (κ1) is 7.78. The highest BCUT2D eigenvalue weighted by molar-refractivity contribution is 5.75. The van der Waals surface area contributed by atoms with Gasteiger partial charge in [0, 0.05) is 20.4 Å². The predicted octanol–water partition coefficient (Wildman–Crippen LogP) is 0.265. The third-order valence-corrected chi connectivity index (χ3v) is 1.26. The number of nitrogens with zero attached hydrogens (tertiary/aromatic N) is 2. The van der Waals surface area contributed by atoms with E-state index < -0.39 is 0 Å². The van der Waals surface area contributed by atoms with Crippen LogP contribution in [0.2, 0.25) is 0 Å². The minimum absolute atomic E-state index is 0. The molecule has 1 aromatic heterocycles. The third kappa shape index (κ3) is 2.41. The third-order valence-electron chi connectivity index (χ3n) is 1.26. The van der Waals surface area contributed by atoms with Crippen LogP contribution in [-0.2, 0) is 11.3 Å². The second kappa shape index (κ2) is 3.75. The fraction of sp³-hybridized carbons (Fsp3) is 0.429. The molecule has 0 saturated heterocycles. The molecule has 0 unspecified atom stereocenters. The second-order valence-corrected chi connectivity index (χ2v) is 2.19. The zero-order chi connectivity index (χ0) is 8.10. The predicted molar refractivity (Wildman–Crippen MR) is 43.0 cm³/mol. The van der Waals surface area contributed by atoms with Gasteiger partial charge in [0.15, 0.2) is 0 Å². The summed E-state index contributed by atoms with van der Waals surface area (Å²) in [5.74, 6) is 0.0190. The highest BCUT2D eigenvalue weighted by atomic mass is 16.1. The molecule has 0 aliphatic rings. The fourth-order valence-electron chi connectivity index (χ4n) is 0.799. The summed E-state index contributed by atoms with van der Waals surface area (Å²) in [6, 6.07) is 0. The van der Waals surface area contributed by atoms with Crippen LogP contribution in [0.25, 0.3) is 0 Å². The first-order chi connectivity index (χ1) is 5.33. The number of carbonyl (C=O) groups is 1. The summed E-state index contributed by atoms with van der Waals surface area (Å²) >= 11 is 0. The molecular weight excluding hydrogens is 142 g/mol. The maximum atomic E-state index is 11.0. The average Bonchev–Trinajstić information content (AvgIpc) is 2.40. The monoisotopic (exact) mass is 155 g/mol. The molecule has 0 fully saturated rings. The van der Waals surface area contributed by atoms with E-state index in [0.717, 1.165) is 0 Å². The largest absolute Gasteiger partial charge is 0.355 e. The Morgan fingerprint density at radius 1 is 1.82 bits per heavy atom.